The van der Waals surface area contributed by atoms with E-state index in [0.717, 1.165) is 10.0 Å². The average Bonchev–Trinajstić information content (AvgIpc) is 2.41. The number of rotatable bonds is 4. The summed E-state index contributed by atoms with van der Waals surface area (Å²) in [5, 5.41) is 10.7. The van der Waals surface area contributed by atoms with E-state index in [1.54, 1.807) is 18.2 Å². The maximum Gasteiger partial charge on any atom is 0.273 e. The first-order chi connectivity index (χ1) is 9.47. The molecule has 1 atom stereocenters. The minimum Gasteiger partial charge on any atom is -0.456 e. The lowest BCUT2D eigenvalue weighted by atomic mass is 10.1. The van der Waals surface area contributed by atoms with E-state index < -0.39 is 4.92 Å². The van der Waals surface area contributed by atoms with Gasteiger partial charge in [-0.05, 0) is 46.6 Å². The summed E-state index contributed by atoms with van der Waals surface area (Å²) in [6.45, 7) is 1.89. The fraction of sp³-hybridized carbons (Fsp3) is 0.143. The molecule has 0 aliphatic carbocycles. The van der Waals surface area contributed by atoms with Crippen molar-refractivity contribution in [2.24, 2.45) is 5.73 Å². The molecule has 2 aromatic carbocycles. The molecule has 5 nitrogen and oxygen atoms in total. The van der Waals surface area contributed by atoms with Gasteiger partial charge in [0.05, 0.1) is 15.5 Å². The number of nitro benzene ring substituents is 1. The number of nitrogens with two attached hydrogens (primary N) is 1. The average molecular weight is 337 g/mol. The van der Waals surface area contributed by atoms with E-state index in [1.165, 1.54) is 12.1 Å². The fourth-order valence-electron chi connectivity index (χ4n) is 1.67. The third-order valence-corrected chi connectivity index (χ3v) is 3.36. The van der Waals surface area contributed by atoms with Crippen molar-refractivity contribution in [2.75, 3.05) is 0 Å². The van der Waals surface area contributed by atoms with Gasteiger partial charge >= 0.3 is 0 Å². The normalized spacial score (nSPS) is 11.9. The van der Waals surface area contributed by atoms with Crippen molar-refractivity contribution in [1.82, 2.24) is 0 Å². The predicted molar refractivity (Wildman–Crippen MR) is 79.9 cm³/mol. The summed E-state index contributed by atoms with van der Waals surface area (Å²) in [6, 6.07) is 11.5. The number of non-ortho nitro benzene ring substituents is 1. The zero-order valence-electron chi connectivity index (χ0n) is 10.7. The topological polar surface area (TPSA) is 78.4 Å². The summed E-state index contributed by atoms with van der Waals surface area (Å²) in [6.07, 6.45) is 0. The fourth-order valence-corrected chi connectivity index (χ4v) is 2.15. The van der Waals surface area contributed by atoms with Crippen molar-refractivity contribution in [3.8, 4) is 11.5 Å². The summed E-state index contributed by atoms with van der Waals surface area (Å²) < 4.78 is 6.39. The Morgan fingerprint density at radius 2 is 2.05 bits per heavy atom. The molecule has 0 unspecified atom stereocenters. The van der Waals surface area contributed by atoms with Gasteiger partial charge < -0.3 is 10.5 Å². The van der Waals surface area contributed by atoms with Gasteiger partial charge in [0.2, 0.25) is 0 Å². The summed E-state index contributed by atoms with van der Waals surface area (Å²) in [5.41, 5.74) is 6.77. The number of halogens is 1. The van der Waals surface area contributed by atoms with Crippen LogP contribution in [0.4, 0.5) is 5.69 Å². The Morgan fingerprint density at radius 3 is 2.65 bits per heavy atom. The molecule has 0 fully saturated rings. The lowest BCUT2D eigenvalue weighted by Gasteiger charge is -2.11. The van der Waals surface area contributed by atoms with Crippen molar-refractivity contribution in [3.05, 3.63) is 62.6 Å². The van der Waals surface area contributed by atoms with Gasteiger partial charge in [-0.1, -0.05) is 12.1 Å². The monoisotopic (exact) mass is 336 g/mol. The number of nitrogens with zero attached hydrogens (tertiary/aromatic N) is 1. The molecule has 2 aromatic rings. The van der Waals surface area contributed by atoms with Gasteiger partial charge in [-0.2, -0.15) is 0 Å². The zero-order valence-corrected chi connectivity index (χ0v) is 12.3. The molecule has 2 rings (SSSR count). The number of benzene rings is 2. The van der Waals surface area contributed by atoms with Gasteiger partial charge in [0, 0.05) is 12.1 Å². The second-order valence-electron chi connectivity index (χ2n) is 4.34. The molecule has 0 spiro atoms. The van der Waals surface area contributed by atoms with Crippen LogP contribution in [0.15, 0.2) is 46.9 Å². The highest BCUT2D eigenvalue weighted by atomic mass is 79.9. The SMILES string of the molecule is C[C@@H](N)c1ccc(Oc2cccc([N+](=O)[O-])c2)c(Br)c1. The van der Waals surface area contributed by atoms with E-state index in [-0.39, 0.29) is 11.7 Å². The number of hydrogen-bond acceptors (Lipinski definition) is 4. The van der Waals surface area contributed by atoms with E-state index in [4.69, 9.17) is 10.5 Å². The molecule has 0 saturated carbocycles. The smallest absolute Gasteiger partial charge is 0.273 e. The maximum atomic E-state index is 10.7. The third-order valence-electron chi connectivity index (χ3n) is 2.74. The molecule has 0 aromatic heterocycles. The predicted octanol–water partition coefficient (Wildman–Crippen LogP) is 4.17. The summed E-state index contributed by atoms with van der Waals surface area (Å²) in [7, 11) is 0. The first kappa shape index (κ1) is 14.5. The molecular formula is C14H13BrN2O3. The Labute approximate surface area is 124 Å². The van der Waals surface area contributed by atoms with Gasteiger partial charge in [0.25, 0.3) is 5.69 Å². The van der Waals surface area contributed by atoms with Crippen molar-refractivity contribution in [2.45, 2.75) is 13.0 Å². The number of nitro groups is 1. The molecule has 0 bridgehead atoms. The largest absolute Gasteiger partial charge is 0.456 e. The van der Waals surface area contributed by atoms with E-state index in [2.05, 4.69) is 15.9 Å². The molecule has 0 heterocycles. The zero-order chi connectivity index (χ0) is 14.7. The molecule has 0 saturated heterocycles. The van der Waals surface area contributed by atoms with Crippen LogP contribution in [0.25, 0.3) is 0 Å². The van der Waals surface area contributed by atoms with Crippen molar-refractivity contribution < 1.29 is 9.66 Å². The lowest BCUT2D eigenvalue weighted by molar-refractivity contribution is -0.384. The second kappa shape index (κ2) is 6.02. The van der Waals surface area contributed by atoms with Crippen LogP contribution in [0, 0.1) is 10.1 Å². The van der Waals surface area contributed by atoms with Crippen LogP contribution in [-0.4, -0.2) is 4.92 Å². The van der Waals surface area contributed by atoms with Crippen molar-refractivity contribution in [3.63, 3.8) is 0 Å². The van der Waals surface area contributed by atoms with Crippen LogP contribution in [0.1, 0.15) is 18.5 Å². The van der Waals surface area contributed by atoms with Gasteiger partial charge in [-0.15, -0.1) is 0 Å². The Bertz CT molecular complexity index is 644. The van der Waals surface area contributed by atoms with Gasteiger partial charge in [-0.25, -0.2) is 0 Å². The van der Waals surface area contributed by atoms with Crippen LogP contribution < -0.4 is 10.5 Å². The molecule has 20 heavy (non-hydrogen) atoms. The highest BCUT2D eigenvalue weighted by Gasteiger charge is 2.10. The van der Waals surface area contributed by atoms with E-state index in [9.17, 15) is 10.1 Å². The summed E-state index contributed by atoms with van der Waals surface area (Å²) in [5.74, 6) is 0.989. The highest BCUT2D eigenvalue weighted by Crippen LogP contribution is 2.32. The minimum absolute atomic E-state index is 0.00850. The minimum atomic E-state index is -0.457. The number of hydrogen-bond donors (Lipinski definition) is 1. The summed E-state index contributed by atoms with van der Waals surface area (Å²) in [4.78, 5) is 10.3. The molecule has 0 radical (unpaired) electrons. The van der Waals surface area contributed by atoms with E-state index in [0.29, 0.717) is 11.5 Å². The van der Waals surface area contributed by atoms with E-state index in [1.807, 2.05) is 19.1 Å². The first-order valence-corrected chi connectivity index (χ1v) is 6.74. The van der Waals surface area contributed by atoms with Crippen LogP contribution in [-0.2, 0) is 0 Å². The van der Waals surface area contributed by atoms with Crippen molar-refractivity contribution in [1.29, 1.82) is 0 Å². The molecule has 6 heteroatoms. The first-order valence-electron chi connectivity index (χ1n) is 5.94. The Balaban J connectivity index is 2.26. The highest BCUT2D eigenvalue weighted by molar-refractivity contribution is 9.10. The van der Waals surface area contributed by atoms with Crippen LogP contribution >= 0.6 is 15.9 Å². The lowest BCUT2D eigenvalue weighted by Crippen LogP contribution is -2.04. The van der Waals surface area contributed by atoms with Gasteiger partial charge in [0.15, 0.2) is 0 Å². The van der Waals surface area contributed by atoms with Crippen molar-refractivity contribution >= 4 is 21.6 Å². The molecular weight excluding hydrogens is 324 g/mol. The molecule has 0 aliphatic rings. The quantitative estimate of drug-likeness (QED) is 0.671. The number of ether oxygens (including phenoxy) is 1. The van der Waals surface area contributed by atoms with E-state index >= 15 is 0 Å². The van der Waals surface area contributed by atoms with Crippen LogP contribution in [0.2, 0.25) is 0 Å². The second-order valence-corrected chi connectivity index (χ2v) is 5.19. The summed E-state index contributed by atoms with van der Waals surface area (Å²) >= 11 is 3.41. The molecule has 104 valence electrons. The maximum absolute atomic E-state index is 10.7. The standard InChI is InChI=1S/C14H13BrN2O3/c1-9(16)10-5-6-14(13(15)7-10)20-12-4-2-3-11(8-12)17(18)19/h2-9H,16H2,1H3/t9-/m1/s1. The van der Waals surface area contributed by atoms with Crippen LogP contribution in [0.3, 0.4) is 0 Å². The Morgan fingerprint density at radius 1 is 1.30 bits per heavy atom. The Hall–Kier alpha value is -1.92. The van der Waals surface area contributed by atoms with Gasteiger partial charge in [-0.3, -0.25) is 10.1 Å². The molecule has 2 N–H and O–H groups in total. The molecule has 0 aliphatic heterocycles. The van der Waals surface area contributed by atoms with Gasteiger partial charge in [0.1, 0.15) is 11.5 Å². The Kier molecular flexibility index (Phi) is 4.36. The third kappa shape index (κ3) is 3.34. The molecule has 0 amide bonds. The van der Waals surface area contributed by atoms with Crippen LogP contribution in [0.5, 0.6) is 11.5 Å².